The van der Waals surface area contributed by atoms with E-state index in [1.54, 1.807) is 24.3 Å². The van der Waals surface area contributed by atoms with Gasteiger partial charge in [0.2, 0.25) is 15.9 Å². The van der Waals surface area contributed by atoms with Crippen LogP contribution in [0.1, 0.15) is 28.4 Å². The summed E-state index contributed by atoms with van der Waals surface area (Å²) in [6.45, 7) is 3.93. The number of aromatic nitrogens is 1. The minimum absolute atomic E-state index is 0.123. The topological polar surface area (TPSA) is 136 Å². The van der Waals surface area contributed by atoms with E-state index in [2.05, 4.69) is 10.5 Å². The van der Waals surface area contributed by atoms with Crippen LogP contribution in [0.4, 0.5) is 11.4 Å². The number of sulfonamides is 1. The van der Waals surface area contributed by atoms with E-state index in [-0.39, 0.29) is 17.0 Å². The van der Waals surface area contributed by atoms with Gasteiger partial charge in [-0.2, -0.15) is 0 Å². The molecule has 0 saturated heterocycles. The number of carbonyl (C=O) groups excluding carboxylic acids is 2. The number of hydrogen-bond acceptors (Lipinski definition) is 6. The summed E-state index contributed by atoms with van der Waals surface area (Å²) in [6.07, 6.45) is -0.123. The molecule has 0 aliphatic carbocycles. The van der Waals surface area contributed by atoms with Crippen LogP contribution < -0.4 is 15.4 Å². The molecule has 2 heterocycles. The van der Waals surface area contributed by atoms with Crippen LogP contribution in [0.5, 0.6) is 0 Å². The van der Waals surface area contributed by atoms with Crippen LogP contribution in [-0.2, 0) is 26.0 Å². The number of amides is 2. The first-order valence-corrected chi connectivity index (χ1v) is 12.4. The van der Waals surface area contributed by atoms with Gasteiger partial charge in [-0.15, -0.1) is 0 Å². The lowest BCUT2D eigenvalue weighted by molar-refractivity contribution is -0.123. The summed E-state index contributed by atoms with van der Waals surface area (Å²) < 4.78 is 29.2. The number of nitrogens with zero attached hydrogens (tertiary/aromatic N) is 2. The number of primary sulfonamides is 1. The Morgan fingerprint density at radius 1 is 1.09 bits per heavy atom. The molecule has 1 aromatic heterocycles. The van der Waals surface area contributed by atoms with Gasteiger partial charge in [-0.3, -0.25) is 14.5 Å². The number of anilines is 2. The molecule has 10 heteroatoms. The molecular formula is C25H22N4O5S. The number of fused-ring (bicyclic) bond motifs is 2. The fourth-order valence-electron chi connectivity index (χ4n) is 4.27. The Bertz CT molecular complexity index is 1600. The molecule has 0 saturated carbocycles. The molecule has 0 radical (unpaired) electrons. The molecule has 178 valence electrons. The first-order valence-electron chi connectivity index (χ1n) is 10.8. The summed E-state index contributed by atoms with van der Waals surface area (Å²) in [6, 6.07) is 15.8. The summed E-state index contributed by atoms with van der Waals surface area (Å²) in [5.74, 6) is -0.869. The lowest BCUT2D eigenvalue weighted by Crippen LogP contribution is -2.46. The van der Waals surface area contributed by atoms with Crippen LogP contribution in [0, 0.1) is 13.8 Å². The molecule has 9 nitrogen and oxygen atoms in total. The van der Waals surface area contributed by atoms with Crippen molar-refractivity contribution < 1.29 is 22.5 Å². The molecule has 0 spiro atoms. The average Bonchev–Trinajstić information content (AvgIpc) is 3.19. The molecule has 0 fully saturated rings. The van der Waals surface area contributed by atoms with Gasteiger partial charge in [-0.05, 0) is 60.9 Å². The fraction of sp³-hybridized carbons (Fsp3) is 0.160. The number of hydrogen-bond donors (Lipinski definition) is 2. The Balaban J connectivity index is 1.61. The molecule has 35 heavy (non-hydrogen) atoms. The second kappa shape index (κ2) is 8.33. The zero-order valence-corrected chi connectivity index (χ0v) is 19.8. The van der Waals surface area contributed by atoms with Crippen LogP contribution in [-0.4, -0.2) is 25.4 Å². The SMILES string of the molecule is Cc1cc2onc(CC(=O)N3c4ccc(S(N)(=O)=O)cc4NC(=O)C3c3ccccc3)c2cc1C. The van der Waals surface area contributed by atoms with E-state index in [9.17, 15) is 18.0 Å². The second-order valence-electron chi connectivity index (χ2n) is 8.53. The molecule has 1 atom stereocenters. The standard InChI is InChI=1S/C25H22N4O5S/c1-14-10-18-19(28-34-22(18)11-15(14)2)13-23(30)29-21-9-8-17(35(26,32)33)12-20(21)27-25(31)24(29)16-6-4-3-5-7-16/h3-12,24H,13H2,1-2H3,(H,27,31)(H2,26,32,33). The molecule has 4 aromatic rings. The summed E-state index contributed by atoms with van der Waals surface area (Å²) in [5.41, 5.74) is 4.25. The lowest BCUT2D eigenvalue weighted by Gasteiger charge is -2.36. The maximum absolute atomic E-state index is 13.8. The smallest absolute Gasteiger partial charge is 0.252 e. The number of carbonyl (C=O) groups is 2. The van der Waals surface area contributed by atoms with Crippen molar-refractivity contribution in [2.45, 2.75) is 31.2 Å². The Hall–Kier alpha value is -4.02. The van der Waals surface area contributed by atoms with Crippen molar-refractivity contribution in [1.82, 2.24) is 5.16 Å². The van der Waals surface area contributed by atoms with Gasteiger partial charge in [0.25, 0.3) is 5.91 Å². The highest BCUT2D eigenvalue weighted by atomic mass is 32.2. The summed E-state index contributed by atoms with van der Waals surface area (Å²) in [7, 11) is -4.01. The van der Waals surface area contributed by atoms with Crippen molar-refractivity contribution in [1.29, 1.82) is 0 Å². The zero-order valence-electron chi connectivity index (χ0n) is 19.0. The summed E-state index contributed by atoms with van der Waals surface area (Å²) >= 11 is 0. The van der Waals surface area contributed by atoms with Crippen molar-refractivity contribution in [3.05, 3.63) is 83.0 Å². The number of rotatable bonds is 4. The van der Waals surface area contributed by atoms with E-state index in [0.29, 0.717) is 22.5 Å². The number of nitrogens with one attached hydrogen (secondary N) is 1. The predicted molar refractivity (Wildman–Crippen MR) is 130 cm³/mol. The Morgan fingerprint density at radius 3 is 2.51 bits per heavy atom. The van der Waals surface area contributed by atoms with Gasteiger partial charge in [-0.1, -0.05) is 35.5 Å². The van der Waals surface area contributed by atoms with Crippen LogP contribution in [0.3, 0.4) is 0 Å². The van der Waals surface area contributed by atoms with Crippen LogP contribution in [0.25, 0.3) is 11.0 Å². The van der Waals surface area contributed by atoms with Crippen molar-refractivity contribution >= 4 is 44.2 Å². The molecule has 3 aromatic carbocycles. The molecule has 1 aliphatic rings. The van der Waals surface area contributed by atoms with Crippen molar-refractivity contribution in [2.75, 3.05) is 10.2 Å². The molecule has 1 unspecified atom stereocenters. The number of benzene rings is 3. The van der Waals surface area contributed by atoms with Gasteiger partial charge in [-0.25, -0.2) is 13.6 Å². The van der Waals surface area contributed by atoms with E-state index in [4.69, 9.17) is 9.66 Å². The van der Waals surface area contributed by atoms with Crippen LogP contribution >= 0.6 is 0 Å². The molecular weight excluding hydrogens is 468 g/mol. The molecule has 3 N–H and O–H groups in total. The minimum Gasteiger partial charge on any atom is -0.356 e. The third-order valence-electron chi connectivity index (χ3n) is 6.18. The highest BCUT2D eigenvalue weighted by molar-refractivity contribution is 7.89. The predicted octanol–water partition coefficient (Wildman–Crippen LogP) is 3.36. The molecule has 1 aliphatic heterocycles. The first kappa shape index (κ1) is 22.8. The van der Waals surface area contributed by atoms with Crippen LogP contribution in [0.2, 0.25) is 0 Å². The Morgan fingerprint density at radius 2 is 1.80 bits per heavy atom. The van der Waals surface area contributed by atoms with Crippen molar-refractivity contribution in [3.63, 3.8) is 0 Å². The van der Waals surface area contributed by atoms with E-state index < -0.39 is 27.9 Å². The largest absolute Gasteiger partial charge is 0.356 e. The van der Waals surface area contributed by atoms with E-state index in [0.717, 1.165) is 16.5 Å². The normalized spacial score (nSPS) is 15.7. The Kier molecular flexibility index (Phi) is 5.42. The monoisotopic (exact) mass is 490 g/mol. The lowest BCUT2D eigenvalue weighted by atomic mass is 9.99. The maximum atomic E-state index is 13.8. The van der Waals surface area contributed by atoms with Gasteiger partial charge in [0.1, 0.15) is 11.7 Å². The van der Waals surface area contributed by atoms with Crippen LogP contribution in [0.15, 0.2) is 70.1 Å². The van der Waals surface area contributed by atoms with E-state index in [1.165, 1.54) is 23.1 Å². The fourth-order valence-corrected chi connectivity index (χ4v) is 4.81. The highest BCUT2D eigenvalue weighted by Gasteiger charge is 2.38. The highest BCUT2D eigenvalue weighted by Crippen LogP contribution is 2.40. The quantitative estimate of drug-likeness (QED) is 0.450. The molecule has 0 bridgehead atoms. The van der Waals surface area contributed by atoms with Gasteiger partial charge in [0, 0.05) is 5.39 Å². The van der Waals surface area contributed by atoms with E-state index in [1.807, 2.05) is 32.0 Å². The Labute approximate surface area is 201 Å². The molecule has 2 amide bonds. The summed E-state index contributed by atoms with van der Waals surface area (Å²) in [5, 5.41) is 12.8. The van der Waals surface area contributed by atoms with Gasteiger partial charge in [0.05, 0.1) is 22.7 Å². The summed E-state index contributed by atoms with van der Waals surface area (Å²) in [4.78, 5) is 28.2. The zero-order chi connectivity index (χ0) is 24.9. The maximum Gasteiger partial charge on any atom is 0.252 e. The van der Waals surface area contributed by atoms with Gasteiger partial charge < -0.3 is 9.84 Å². The van der Waals surface area contributed by atoms with E-state index >= 15 is 0 Å². The minimum atomic E-state index is -4.01. The number of nitrogens with two attached hydrogens (primary N) is 1. The van der Waals surface area contributed by atoms with Gasteiger partial charge in [0.15, 0.2) is 5.58 Å². The van der Waals surface area contributed by atoms with Crippen molar-refractivity contribution in [2.24, 2.45) is 5.14 Å². The second-order valence-corrected chi connectivity index (χ2v) is 10.1. The third kappa shape index (κ3) is 4.07. The molecule has 5 rings (SSSR count). The van der Waals surface area contributed by atoms with Crippen molar-refractivity contribution in [3.8, 4) is 0 Å². The third-order valence-corrected chi connectivity index (χ3v) is 7.10. The first-order chi connectivity index (χ1) is 16.6. The number of aryl methyl sites for hydroxylation is 2. The average molecular weight is 491 g/mol. The van der Waals surface area contributed by atoms with Gasteiger partial charge >= 0.3 is 0 Å².